The Labute approximate surface area is 112 Å². The minimum atomic E-state index is 0.863. The first kappa shape index (κ1) is 9.63. The lowest BCUT2D eigenvalue weighted by Crippen LogP contribution is -2.16. The Hall–Kier alpha value is -2.27. The summed E-state index contributed by atoms with van der Waals surface area (Å²) < 4.78 is 5.81. The highest BCUT2D eigenvalue weighted by molar-refractivity contribution is 7.22. The Morgan fingerprint density at radius 1 is 1.26 bits per heavy atom. The van der Waals surface area contributed by atoms with Crippen LogP contribution in [0.4, 0.5) is 0 Å². The van der Waals surface area contributed by atoms with Crippen LogP contribution in [0.2, 0.25) is 0 Å². The van der Waals surface area contributed by atoms with Crippen LogP contribution in [0, 0.1) is 0 Å². The molecule has 0 N–H and O–H groups in total. The molecule has 4 aromatic rings. The number of pyridine rings is 2. The van der Waals surface area contributed by atoms with E-state index in [0.29, 0.717) is 0 Å². The van der Waals surface area contributed by atoms with Crippen molar-refractivity contribution < 1.29 is 4.40 Å². The van der Waals surface area contributed by atoms with Crippen LogP contribution in [0.5, 0.6) is 0 Å². The number of thiazole rings is 1. The van der Waals surface area contributed by atoms with Gasteiger partial charge in [-0.3, -0.25) is 9.97 Å². The maximum atomic E-state index is 4.47. The number of aromatic nitrogens is 4. The zero-order valence-electron chi connectivity index (χ0n) is 9.95. The van der Waals surface area contributed by atoms with Gasteiger partial charge in [0.1, 0.15) is 17.4 Å². The first-order valence-corrected chi connectivity index (χ1v) is 6.95. The molecule has 90 valence electrons. The standard InChI is InChI=1S/C14H9N4S/c1-2-9-10(16-4-1)7-17-12(9)8-18-11-3-5-15-6-13(11)19-14(17)18/h1-6,8H,7H2/q+1. The average molecular weight is 265 g/mol. The Morgan fingerprint density at radius 2 is 2.26 bits per heavy atom. The summed E-state index contributed by atoms with van der Waals surface area (Å²) in [6.07, 6.45) is 7.85. The summed E-state index contributed by atoms with van der Waals surface area (Å²) in [7, 11) is 0. The van der Waals surface area contributed by atoms with E-state index in [4.69, 9.17) is 0 Å². The van der Waals surface area contributed by atoms with E-state index in [2.05, 4.69) is 37.3 Å². The lowest BCUT2D eigenvalue weighted by atomic mass is 10.2. The van der Waals surface area contributed by atoms with Gasteiger partial charge in [-0.2, -0.15) is 4.40 Å². The molecule has 0 unspecified atom stereocenters. The summed E-state index contributed by atoms with van der Waals surface area (Å²) in [5, 5.41) is 0. The number of nitrogens with zero attached hydrogens (tertiary/aromatic N) is 4. The number of fused-ring (bicyclic) bond motifs is 7. The SMILES string of the molecule is c1cnc2c(c1)-c1c[n+]3c4ccncc4sc3n1C2. The van der Waals surface area contributed by atoms with Gasteiger partial charge in [0.05, 0.1) is 11.3 Å². The van der Waals surface area contributed by atoms with Crippen molar-refractivity contribution in [3.8, 4) is 11.3 Å². The first-order chi connectivity index (χ1) is 9.42. The number of hydrogen-bond donors (Lipinski definition) is 0. The van der Waals surface area contributed by atoms with Gasteiger partial charge in [-0.15, -0.1) is 0 Å². The fourth-order valence-electron chi connectivity index (χ4n) is 2.82. The van der Waals surface area contributed by atoms with Crippen molar-refractivity contribution >= 4 is 26.5 Å². The van der Waals surface area contributed by atoms with E-state index in [-0.39, 0.29) is 0 Å². The zero-order valence-corrected chi connectivity index (χ0v) is 10.8. The fraction of sp³-hybridized carbons (Fsp3) is 0.0714. The smallest absolute Gasteiger partial charge is 0.263 e. The predicted octanol–water partition coefficient (Wildman–Crippen LogP) is 2.26. The molecule has 0 saturated carbocycles. The highest BCUT2D eigenvalue weighted by Crippen LogP contribution is 2.33. The molecule has 0 fully saturated rings. The minimum absolute atomic E-state index is 0.863. The van der Waals surface area contributed by atoms with E-state index >= 15 is 0 Å². The second kappa shape index (κ2) is 3.19. The Kier molecular flexibility index (Phi) is 1.62. The summed E-state index contributed by atoms with van der Waals surface area (Å²) in [5.41, 5.74) is 4.89. The maximum absolute atomic E-state index is 4.47. The predicted molar refractivity (Wildman–Crippen MR) is 73.1 cm³/mol. The third-order valence-corrected chi connectivity index (χ3v) is 4.81. The molecule has 4 aromatic heterocycles. The van der Waals surface area contributed by atoms with Gasteiger partial charge in [-0.25, -0.2) is 4.57 Å². The second-order valence-electron chi connectivity index (χ2n) is 4.70. The number of hydrogen-bond acceptors (Lipinski definition) is 3. The lowest BCUT2D eigenvalue weighted by Gasteiger charge is -1.91. The van der Waals surface area contributed by atoms with E-state index < -0.39 is 0 Å². The average Bonchev–Trinajstić information content (AvgIpc) is 3.07. The monoisotopic (exact) mass is 265 g/mol. The Balaban J connectivity index is 1.93. The third kappa shape index (κ3) is 1.11. The molecule has 0 atom stereocenters. The molecule has 0 bridgehead atoms. The summed E-state index contributed by atoms with van der Waals surface area (Å²) in [6, 6.07) is 6.22. The number of imidazole rings is 1. The van der Waals surface area contributed by atoms with Crippen LogP contribution in [0.3, 0.4) is 0 Å². The van der Waals surface area contributed by atoms with Crippen LogP contribution in [-0.2, 0) is 6.54 Å². The van der Waals surface area contributed by atoms with Crippen molar-refractivity contribution in [3.63, 3.8) is 0 Å². The first-order valence-electron chi connectivity index (χ1n) is 6.13. The van der Waals surface area contributed by atoms with Crippen molar-refractivity contribution in [2.45, 2.75) is 6.54 Å². The molecule has 0 amide bonds. The Bertz CT molecular complexity index is 951. The van der Waals surface area contributed by atoms with E-state index in [0.717, 1.165) is 12.2 Å². The zero-order chi connectivity index (χ0) is 12.4. The second-order valence-corrected chi connectivity index (χ2v) is 5.71. The van der Waals surface area contributed by atoms with Gasteiger partial charge >= 0.3 is 4.96 Å². The van der Waals surface area contributed by atoms with Gasteiger partial charge in [0.25, 0.3) is 0 Å². The summed E-state index contributed by atoms with van der Waals surface area (Å²) in [5.74, 6) is 0. The van der Waals surface area contributed by atoms with E-state index in [1.54, 1.807) is 11.3 Å². The van der Waals surface area contributed by atoms with Crippen molar-refractivity contribution in [1.29, 1.82) is 0 Å². The van der Waals surface area contributed by atoms with Gasteiger partial charge in [0.2, 0.25) is 0 Å². The molecule has 0 spiro atoms. The van der Waals surface area contributed by atoms with Gasteiger partial charge < -0.3 is 0 Å². The molecule has 0 radical (unpaired) electrons. The maximum Gasteiger partial charge on any atom is 0.347 e. The van der Waals surface area contributed by atoms with Crippen LogP contribution in [0.25, 0.3) is 26.4 Å². The fourth-order valence-corrected chi connectivity index (χ4v) is 3.92. The van der Waals surface area contributed by atoms with Crippen LogP contribution in [0.1, 0.15) is 5.69 Å². The molecule has 5 heterocycles. The number of rotatable bonds is 0. The molecule has 0 aliphatic carbocycles. The topological polar surface area (TPSA) is 34.8 Å². The van der Waals surface area contributed by atoms with E-state index in [9.17, 15) is 0 Å². The van der Waals surface area contributed by atoms with Crippen molar-refractivity contribution in [2.24, 2.45) is 0 Å². The van der Waals surface area contributed by atoms with Gasteiger partial charge in [0, 0.05) is 24.7 Å². The molecule has 5 rings (SSSR count). The van der Waals surface area contributed by atoms with Crippen molar-refractivity contribution in [1.82, 2.24) is 14.5 Å². The van der Waals surface area contributed by atoms with Crippen molar-refractivity contribution in [2.75, 3.05) is 0 Å². The van der Waals surface area contributed by atoms with Gasteiger partial charge in [0.15, 0.2) is 11.2 Å². The third-order valence-electron chi connectivity index (χ3n) is 3.68. The minimum Gasteiger partial charge on any atom is -0.263 e. The van der Waals surface area contributed by atoms with Crippen LogP contribution >= 0.6 is 11.3 Å². The quantitative estimate of drug-likeness (QED) is 0.403. The Morgan fingerprint density at radius 3 is 3.26 bits per heavy atom. The molecular weight excluding hydrogens is 256 g/mol. The lowest BCUT2D eigenvalue weighted by molar-refractivity contribution is -0.476. The van der Waals surface area contributed by atoms with E-state index in [1.165, 1.54) is 26.4 Å². The molecule has 5 heteroatoms. The highest BCUT2D eigenvalue weighted by Gasteiger charge is 2.31. The normalized spacial score (nSPS) is 13.1. The molecule has 1 aliphatic rings. The van der Waals surface area contributed by atoms with E-state index in [1.807, 2.05) is 24.7 Å². The molecule has 4 nitrogen and oxygen atoms in total. The van der Waals surface area contributed by atoms with Gasteiger partial charge in [-0.05, 0) is 23.5 Å². The summed E-state index contributed by atoms with van der Waals surface area (Å²) in [4.78, 5) is 9.91. The van der Waals surface area contributed by atoms with Crippen LogP contribution < -0.4 is 4.40 Å². The molecule has 0 aromatic carbocycles. The van der Waals surface area contributed by atoms with Crippen LogP contribution in [0.15, 0.2) is 43.0 Å². The molecular formula is C14H9N4S+. The molecule has 19 heavy (non-hydrogen) atoms. The summed E-state index contributed by atoms with van der Waals surface area (Å²) >= 11 is 1.78. The van der Waals surface area contributed by atoms with Crippen LogP contribution in [-0.4, -0.2) is 14.5 Å². The van der Waals surface area contributed by atoms with Gasteiger partial charge in [-0.1, -0.05) is 0 Å². The largest absolute Gasteiger partial charge is 0.347 e. The molecule has 1 aliphatic heterocycles. The van der Waals surface area contributed by atoms with Crippen molar-refractivity contribution in [3.05, 3.63) is 48.7 Å². The summed E-state index contributed by atoms with van der Waals surface area (Å²) in [6.45, 7) is 0.863. The highest BCUT2D eigenvalue weighted by atomic mass is 32.1. The molecule has 0 saturated heterocycles.